The topological polar surface area (TPSA) is 66.8 Å². The molecule has 1 aliphatic heterocycles. The highest BCUT2D eigenvalue weighted by Crippen LogP contribution is 2.31. The molecule has 5 nitrogen and oxygen atoms in total. The van der Waals surface area contributed by atoms with E-state index in [-0.39, 0.29) is 18.9 Å². The summed E-state index contributed by atoms with van der Waals surface area (Å²) in [5.74, 6) is -0.0441. The molecule has 0 fully saturated rings. The zero-order valence-corrected chi connectivity index (χ0v) is 11.6. The van der Waals surface area contributed by atoms with Crippen LogP contribution < -0.4 is 9.64 Å². The van der Waals surface area contributed by atoms with Crippen LogP contribution in [0.3, 0.4) is 0 Å². The van der Waals surface area contributed by atoms with Crippen LogP contribution in [0.4, 0.5) is 5.69 Å². The van der Waals surface area contributed by atoms with E-state index in [9.17, 15) is 9.59 Å². The van der Waals surface area contributed by atoms with Crippen LogP contribution in [0.15, 0.2) is 18.2 Å². The molecule has 0 atom stereocenters. The highest BCUT2D eigenvalue weighted by atomic mass is 16.5. The van der Waals surface area contributed by atoms with Crippen molar-refractivity contribution in [2.24, 2.45) is 0 Å². The molecule has 1 aromatic rings. The standard InChI is InChI=1S/C15H19NO4/c1-2-8-16-13-5-4-12(20-9-7-15(18)19)10-11(13)3-6-14(16)17/h4-5,10H,2-3,6-9H2,1H3,(H,18,19). The van der Waals surface area contributed by atoms with Crippen LogP contribution in [0, 0.1) is 0 Å². The summed E-state index contributed by atoms with van der Waals surface area (Å²) in [7, 11) is 0. The molecule has 0 bridgehead atoms. The Morgan fingerprint density at radius 2 is 2.20 bits per heavy atom. The van der Waals surface area contributed by atoms with Crippen LogP contribution in [-0.2, 0) is 16.0 Å². The Kier molecular flexibility index (Phi) is 4.61. The Labute approximate surface area is 118 Å². The largest absolute Gasteiger partial charge is 0.493 e. The summed E-state index contributed by atoms with van der Waals surface area (Å²) >= 11 is 0. The molecule has 0 unspecified atom stereocenters. The van der Waals surface area contributed by atoms with Crippen LogP contribution in [0.25, 0.3) is 0 Å². The maximum absolute atomic E-state index is 11.9. The number of hydrogen-bond donors (Lipinski definition) is 1. The fourth-order valence-corrected chi connectivity index (χ4v) is 2.35. The van der Waals surface area contributed by atoms with Gasteiger partial charge in [0.05, 0.1) is 13.0 Å². The van der Waals surface area contributed by atoms with Gasteiger partial charge in [0.25, 0.3) is 0 Å². The number of carboxylic acid groups (broad SMARTS) is 1. The molecule has 20 heavy (non-hydrogen) atoms. The summed E-state index contributed by atoms with van der Waals surface area (Å²) < 4.78 is 5.42. The molecule has 2 rings (SSSR count). The zero-order chi connectivity index (χ0) is 14.5. The number of aliphatic carboxylic acids is 1. The summed E-state index contributed by atoms with van der Waals surface area (Å²) in [5, 5.41) is 8.58. The van der Waals surface area contributed by atoms with Crippen molar-refractivity contribution in [3.05, 3.63) is 23.8 Å². The van der Waals surface area contributed by atoms with Gasteiger partial charge in [-0.15, -0.1) is 0 Å². The first-order valence-corrected chi connectivity index (χ1v) is 6.89. The van der Waals surface area contributed by atoms with E-state index in [0.717, 1.165) is 24.2 Å². The highest BCUT2D eigenvalue weighted by Gasteiger charge is 2.23. The number of benzene rings is 1. The van der Waals surface area contributed by atoms with E-state index in [2.05, 4.69) is 0 Å². The third-order valence-electron chi connectivity index (χ3n) is 3.28. The molecular weight excluding hydrogens is 258 g/mol. The van der Waals surface area contributed by atoms with Crippen molar-refractivity contribution in [1.82, 2.24) is 0 Å². The van der Waals surface area contributed by atoms with Gasteiger partial charge in [-0.2, -0.15) is 0 Å². The molecule has 0 saturated carbocycles. The quantitative estimate of drug-likeness (QED) is 0.866. The molecular formula is C15H19NO4. The smallest absolute Gasteiger partial charge is 0.306 e. The minimum Gasteiger partial charge on any atom is -0.493 e. The summed E-state index contributed by atoms with van der Waals surface area (Å²) in [6.07, 6.45) is 2.13. The van der Waals surface area contributed by atoms with Crippen molar-refractivity contribution in [3.63, 3.8) is 0 Å². The number of nitrogens with zero attached hydrogens (tertiary/aromatic N) is 1. The molecule has 0 saturated heterocycles. The lowest BCUT2D eigenvalue weighted by Gasteiger charge is -2.29. The number of aryl methyl sites for hydroxylation is 1. The Balaban J connectivity index is 2.11. The van der Waals surface area contributed by atoms with Crippen LogP contribution in [0.2, 0.25) is 0 Å². The Bertz CT molecular complexity index is 513. The Morgan fingerprint density at radius 1 is 1.40 bits per heavy atom. The second-order valence-corrected chi connectivity index (χ2v) is 4.83. The maximum Gasteiger partial charge on any atom is 0.306 e. The second-order valence-electron chi connectivity index (χ2n) is 4.83. The molecule has 1 N–H and O–H groups in total. The van der Waals surface area contributed by atoms with Gasteiger partial charge >= 0.3 is 5.97 Å². The summed E-state index contributed by atoms with van der Waals surface area (Å²) in [5.41, 5.74) is 2.04. The van der Waals surface area contributed by atoms with Gasteiger partial charge in [-0.1, -0.05) is 6.92 Å². The lowest BCUT2D eigenvalue weighted by molar-refractivity contribution is -0.137. The number of anilines is 1. The predicted molar refractivity (Wildman–Crippen MR) is 75.2 cm³/mol. The van der Waals surface area contributed by atoms with E-state index >= 15 is 0 Å². The number of carboxylic acids is 1. The average Bonchev–Trinajstić information content (AvgIpc) is 2.42. The average molecular weight is 277 g/mol. The van der Waals surface area contributed by atoms with Gasteiger partial charge in [0.1, 0.15) is 5.75 Å². The molecule has 108 valence electrons. The van der Waals surface area contributed by atoms with Crippen molar-refractivity contribution < 1.29 is 19.4 Å². The third-order valence-corrected chi connectivity index (χ3v) is 3.28. The first-order valence-electron chi connectivity index (χ1n) is 6.89. The van der Waals surface area contributed by atoms with Gasteiger partial charge < -0.3 is 14.7 Å². The first-order chi connectivity index (χ1) is 9.61. The molecule has 5 heteroatoms. The molecule has 1 heterocycles. The lowest BCUT2D eigenvalue weighted by atomic mass is 10.0. The van der Waals surface area contributed by atoms with Gasteiger partial charge in [0.15, 0.2) is 0 Å². The van der Waals surface area contributed by atoms with Gasteiger partial charge in [-0.25, -0.2) is 0 Å². The molecule has 0 aliphatic carbocycles. The van der Waals surface area contributed by atoms with Crippen LogP contribution in [-0.4, -0.2) is 30.1 Å². The predicted octanol–water partition coefficient (Wildman–Crippen LogP) is 2.23. The fourth-order valence-electron chi connectivity index (χ4n) is 2.35. The number of ether oxygens (including phenoxy) is 1. The number of rotatable bonds is 6. The van der Waals surface area contributed by atoms with E-state index in [0.29, 0.717) is 18.6 Å². The molecule has 1 aromatic carbocycles. The van der Waals surface area contributed by atoms with Gasteiger partial charge in [-0.05, 0) is 36.6 Å². The third kappa shape index (κ3) is 3.29. The number of carbonyl (C=O) groups excluding carboxylic acids is 1. The van der Waals surface area contributed by atoms with E-state index in [1.54, 1.807) is 6.07 Å². The monoisotopic (exact) mass is 277 g/mol. The summed E-state index contributed by atoms with van der Waals surface area (Å²) in [4.78, 5) is 24.2. The minimum absolute atomic E-state index is 0.0163. The van der Waals surface area contributed by atoms with Gasteiger partial charge in [0.2, 0.25) is 5.91 Å². The number of carbonyl (C=O) groups is 2. The van der Waals surface area contributed by atoms with Crippen molar-refractivity contribution in [1.29, 1.82) is 0 Å². The molecule has 0 spiro atoms. The molecule has 0 radical (unpaired) electrons. The zero-order valence-electron chi connectivity index (χ0n) is 11.6. The van der Waals surface area contributed by atoms with Crippen molar-refractivity contribution in [3.8, 4) is 5.75 Å². The fraction of sp³-hybridized carbons (Fsp3) is 0.467. The normalized spacial score (nSPS) is 14.1. The van der Waals surface area contributed by atoms with Crippen molar-refractivity contribution in [2.75, 3.05) is 18.1 Å². The van der Waals surface area contributed by atoms with E-state index in [1.165, 1.54) is 0 Å². The number of hydrogen-bond acceptors (Lipinski definition) is 3. The summed E-state index contributed by atoms with van der Waals surface area (Å²) in [6, 6.07) is 5.59. The van der Waals surface area contributed by atoms with Crippen LogP contribution in [0.1, 0.15) is 31.7 Å². The lowest BCUT2D eigenvalue weighted by Crippen LogP contribution is -2.35. The SMILES string of the molecule is CCCN1C(=O)CCc2cc(OCCC(=O)O)ccc21. The summed E-state index contributed by atoms with van der Waals surface area (Å²) in [6.45, 7) is 2.93. The minimum atomic E-state index is -0.873. The molecule has 1 amide bonds. The van der Waals surface area contributed by atoms with E-state index in [4.69, 9.17) is 9.84 Å². The molecule has 1 aliphatic rings. The van der Waals surface area contributed by atoms with Crippen LogP contribution in [0.5, 0.6) is 5.75 Å². The second kappa shape index (κ2) is 6.41. The Morgan fingerprint density at radius 3 is 2.90 bits per heavy atom. The number of fused-ring (bicyclic) bond motifs is 1. The van der Waals surface area contributed by atoms with E-state index in [1.807, 2.05) is 24.0 Å². The van der Waals surface area contributed by atoms with Gasteiger partial charge in [-0.3, -0.25) is 9.59 Å². The molecule has 0 aromatic heterocycles. The number of amides is 1. The maximum atomic E-state index is 11.9. The van der Waals surface area contributed by atoms with Gasteiger partial charge in [0, 0.05) is 18.7 Å². The van der Waals surface area contributed by atoms with Crippen LogP contribution >= 0.6 is 0 Å². The first kappa shape index (κ1) is 14.4. The van der Waals surface area contributed by atoms with Crippen molar-refractivity contribution >= 4 is 17.6 Å². The van der Waals surface area contributed by atoms with Crippen molar-refractivity contribution in [2.45, 2.75) is 32.6 Å². The Hall–Kier alpha value is -2.04. The highest BCUT2D eigenvalue weighted by molar-refractivity contribution is 5.96. The van der Waals surface area contributed by atoms with E-state index < -0.39 is 5.97 Å².